The van der Waals surface area contributed by atoms with Gasteiger partial charge in [-0.05, 0) is 31.6 Å². The monoisotopic (exact) mass is 239 g/mol. The second kappa shape index (κ2) is 8.29. The molecule has 0 aromatic heterocycles. The lowest BCUT2D eigenvalue weighted by Gasteiger charge is -2.30. The average molecular weight is 239 g/mol. The highest BCUT2D eigenvalue weighted by Gasteiger charge is 2.24. The molecule has 0 aromatic carbocycles. The highest BCUT2D eigenvalue weighted by molar-refractivity contribution is 5.76. The van der Waals surface area contributed by atoms with Crippen LogP contribution in [0.25, 0.3) is 0 Å². The Labute approximate surface area is 104 Å². The van der Waals surface area contributed by atoms with E-state index in [2.05, 4.69) is 11.9 Å². The lowest BCUT2D eigenvalue weighted by atomic mass is 9.82. The first-order valence-electron chi connectivity index (χ1n) is 6.79. The quantitative estimate of drug-likeness (QED) is 0.670. The summed E-state index contributed by atoms with van der Waals surface area (Å²) in [6.07, 6.45) is 9.89. The number of hydrogen-bond acceptors (Lipinski definition) is 2. The molecule has 1 rings (SSSR count). The SMILES string of the molecule is C=CCCC(=O)NC(CCO)C1CCCCC1. The van der Waals surface area contributed by atoms with Gasteiger partial charge in [0.1, 0.15) is 0 Å². The van der Waals surface area contributed by atoms with Gasteiger partial charge in [0.25, 0.3) is 0 Å². The van der Waals surface area contributed by atoms with Gasteiger partial charge in [0, 0.05) is 19.1 Å². The Morgan fingerprint density at radius 2 is 2.12 bits per heavy atom. The second-order valence-electron chi connectivity index (χ2n) is 4.91. The Morgan fingerprint density at radius 1 is 1.41 bits per heavy atom. The number of nitrogens with one attached hydrogen (secondary N) is 1. The predicted molar refractivity (Wildman–Crippen MR) is 69.6 cm³/mol. The Hall–Kier alpha value is -0.830. The molecule has 1 fully saturated rings. The van der Waals surface area contributed by atoms with Crippen LogP contribution in [-0.4, -0.2) is 23.7 Å². The van der Waals surface area contributed by atoms with E-state index in [1.807, 2.05) is 0 Å². The normalized spacial score (nSPS) is 18.6. The minimum absolute atomic E-state index is 0.0916. The van der Waals surface area contributed by atoms with Gasteiger partial charge in [0.2, 0.25) is 5.91 Å². The van der Waals surface area contributed by atoms with Gasteiger partial charge in [-0.25, -0.2) is 0 Å². The fourth-order valence-electron chi connectivity index (χ4n) is 2.61. The number of hydrogen-bond donors (Lipinski definition) is 2. The number of aliphatic hydroxyl groups is 1. The molecule has 0 heterocycles. The van der Waals surface area contributed by atoms with Crippen LogP contribution in [0.3, 0.4) is 0 Å². The minimum Gasteiger partial charge on any atom is -0.396 e. The number of carbonyl (C=O) groups excluding carboxylic acids is 1. The van der Waals surface area contributed by atoms with Crippen LogP contribution in [0, 0.1) is 5.92 Å². The summed E-state index contributed by atoms with van der Waals surface area (Å²) >= 11 is 0. The van der Waals surface area contributed by atoms with Crippen molar-refractivity contribution in [2.45, 2.75) is 57.4 Å². The van der Waals surface area contributed by atoms with Crippen molar-refractivity contribution in [3.05, 3.63) is 12.7 Å². The van der Waals surface area contributed by atoms with Gasteiger partial charge in [-0.2, -0.15) is 0 Å². The highest BCUT2D eigenvalue weighted by Crippen LogP contribution is 2.27. The van der Waals surface area contributed by atoms with E-state index in [4.69, 9.17) is 5.11 Å². The molecule has 1 amide bonds. The molecule has 0 bridgehead atoms. The van der Waals surface area contributed by atoms with Gasteiger partial charge in [0.05, 0.1) is 0 Å². The molecule has 3 heteroatoms. The first-order chi connectivity index (χ1) is 8.27. The molecule has 17 heavy (non-hydrogen) atoms. The van der Waals surface area contributed by atoms with Crippen LogP contribution in [0.15, 0.2) is 12.7 Å². The van der Waals surface area contributed by atoms with Crippen molar-refractivity contribution in [1.82, 2.24) is 5.32 Å². The molecular weight excluding hydrogens is 214 g/mol. The lowest BCUT2D eigenvalue weighted by molar-refractivity contribution is -0.122. The van der Waals surface area contributed by atoms with Crippen molar-refractivity contribution in [2.24, 2.45) is 5.92 Å². The summed E-state index contributed by atoms with van der Waals surface area (Å²) in [5, 5.41) is 12.2. The van der Waals surface area contributed by atoms with Gasteiger partial charge < -0.3 is 10.4 Å². The maximum absolute atomic E-state index is 11.7. The Bertz CT molecular complexity index is 234. The standard InChI is InChI=1S/C14H25NO2/c1-2-3-9-14(17)15-13(10-11-16)12-7-5-4-6-8-12/h2,12-13,16H,1,3-11H2,(H,15,17). The first-order valence-corrected chi connectivity index (χ1v) is 6.79. The van der Waals surface area contributed by atoms with E-state index >= 15 is 0 Å². The molecule has 0 spiro atoms. The summed E-state index contributed by atoms with van der Waals surface area (Å²) in [6.45, 7) is 3.77. The van der Waals surface area contributed by atoms with Gasteiger partial charge in [0.15, 0.2) is 0 Å². The molecule has 0 aromatic rings. The smallest absolute Gasteiger partial charge is 0.220 e. The first kappa shape index (κ1) is 14.2. The van der Waals surface area contributed by atoms with E-state index in [-0.39, 0.29) is 18.6 Å². The lowest BCUT2D eigenvalue weighted by Crippen LogP contribution is -2.41. The average Bonchev–Trinajstić information content (AvgIpc) is 2.37. The van der Waals surface area contributed by atoms with E-state index < -0.39 is 0 Å². The molecule has 1 atom stereocenters. The number of rotatable bonds is 7. The number of aliphatic hydroxyl groups excluding tert-OH is 1. The molecule has 1 aliphatic carbocycles. The molecule has 98 valence electrons. The summed E-state index contributed by atoms with van der Waals surface area (Å²) in [4.78, 5) is 11.7. The summed E-state index contributed by atoms with van der Waals surface area (Å²) < 4.78 is 0. The fraction of sp³-hybridized carbons (Fsp3) is 0.786. The number of amides is 1. The molecule has 3 nitrogen and oxygen atoms in total. The molecule has 0 saturated heterocycles. The van der Waals surface area contributed by atoms with Crippen molar-refractivity contribution in [2.75, 3.05) is 6.61 Å². The molecule has 1 aliphatic rings. The topological polar surface area (TPSA) is 49.3 Å². The zero-order valence-corrected chi connectivity index (χ0v) is 10.7. The molecule has 1 unspecified atom stereocenters. The highest BCUT2D eigenvalue weighted by atomic mass is 16.3. The summed E-state index contributed by atoms with van der Waals surface area (Å²) in [7, 11) is 0. The molecule has 2 N–H and O–H groups in total. The molecule has 1 saturated carbocycles. The van der Waals surface area contributed by atoms with Crippen molar-refractivity contribution in [3.8, 4) is 0 Å². The second-order valence-corrected chi connectivity index (χ2v) is 4.91. The Kier molecular flexibility index (Phi) is 6.94. The largest absolute Gasteiger partial charge is 0.396 e. The van der Waals surface area contributed by atoms with Gasteiger partial charge in [-0.1, -0.05) is 25.3 Å². The Balaban J connectivity index is 2.40. The van der Waals surface area contributed by atoms with Gasteiger partial charge in [-0.3, -0.25) is 4.79 Å². The van der Waals surface area contributed by atoms with E-state index in [0.717, 1.165) is 6.42 Å². The Morgan fingerprint density at radius 3 is 2.71 bits per heavy atom. The van der Waals surface area contributed by atoms with E-state index in [1.165, 1.54) is 32.1 Å². The third-order valence-corrected chi connectivity index (χ3v) is 3.58. The van der Waals surface area contributed by atoms with Crippen LogP contribution in [0.2, 0.25) is 0 Å². The van der Waals surface area contributed by atoms with Crippen LogP contribution in [0.1, 0.15) is 51.4 Å². The third-order valence-electron chi connectivity index (χ3n) is 3.58. The summed E-state index contributed by atoms with van der Waals surface area (Å²) in [5.74, 6) is 0.650. The van der Waals surface area contributed by atoms with E-state index in [0.29, 0.717) is 18.8 Å². The van der Waals surface area contributed by atoms with Gasteiger partial charge >= 0.3 is 0 Å². The van der Waals surface area contributed by atoms with Crippen LogP contribution < -0.4 is 5.32 Å². The number of carbonyl (C=O) groups is 1. The van der Waals surface area contributed by atoms with Crippen LogP contribution in [0.4, 0.5) is 0 Å². The molecule has 0 radical (unpaired) electrons. The van der Waals surface area contributed by atoms with Crippen molar-refractivity contribution >= 4 is 5.91 Å². The third kappa shape index (κ3) is 5.35. The maximum Gasteiger partial charge on any atom is 0.220 e. The van der Waals surface area contributed by atoms with E-state index in [9.17, 15) is 4.79 Å². The van der Waals surface area contributed by atoms with Crippen LogP contribution >= 0.6 is 0 Å². The van der Waals surface area contributed by atoms with Crippen LogP contribution in [0.5, 0.6) is 0 Å². The summed E-state index contributed by atoms with van der Waals surface area (Å²) in [5.41, 5.74) is 0. The minimum atomic E-state index is 0.0916. The number of allylic oxidation sites excluding steroid dienone is 1. The van der Waals surface area contributed by atoms with Crippen LogP contribution in [-0.2, 0) is 4.79 Å². The molecule has 0 aliphatic heterocycles. The van der Waals surface area contributed by atoms with E-state index in [1.54, 1.807) is 6.08 Å². The fourth-order valence-corrected chi connectivity index (χ4v) is 2.61. The van der Waals surface area contributed by atoms with Gasteiger partial charge in [-0.15, -0.1) is 6.58 Å². The summed E-state index contributed by atoms with van der Waals surface area (Å²) in [6, 6.07) is 0.164. The zero-order chi connectivity index (χ0) is 12.5. The predicted octanol–water partition coefficient (Wildman–Crippen LogP) is 2.40. The van der Waals surface area contributed by atoms with Crippen molar-refractivity contribution in [3.63, 3.8) is 0 Å². The molecular formula is C14H25NO2. The van der Waals surface area contributed by atoms with Crippen molar-refractivity contribution in [1.29, 1.82) is 0 Å². The zero-order valence-electron chi connectivity index (χ0n) is 10.7. The maximum atomic E-state index is 11.7. The van der Waals surface area contributed by atoms with Crippen molar-refractivity contribution < 1.29 is 9.90 Å².